The Labute approximate surface area is 225 Å². The lowest BCUT2D eigenvalue weighted by molar-refractivity contribution is -0.141. The average molecular weight is 559 g/mol. The third-order valence-electron chi connectivity index (χ3n) is 9.91. The number of nitrogens with one attached hydrogen (secondary N) is 2. The maximum atomic E-state index is 13.6. The molecule has 0 spiro atoms. The predicted molar refractivity (Wildman–Crippen MR) is 135 cm³/mol. The molecule has 0 bridgehead atoms. The van der Waals surface area contributed by atoms with Crippen LogP contribution in [0, 0.1) is 34.5 Å². The van der Waals surface area contributed by atoms with Gasteiger partial charge in [-0.3, -0.25) is 9.59 Å². The SMILES string of the molecule is CC.CC12C=CC(=O)NC1CCC1C2CCC2(C)C(C(=O)Nc3cc(C(F)(F)F)ccc3C(F)(F)F)CCC12. The van der Waals surface area contributed by atoms with Crippen LogP contribution in [0.15, 0.2) is 30.4 Å². The number of benzene rings is 1. The molecule has 2 N–H and O–H groups in total. The standard InChI is InChI=1S/C27H30F6N2O2.C2H6/c1-24-11-9-17-15(4-8-21-25(17,2)12-10-22(36)35-21)16(24)6-7-19(24)23(37)34-20-13-14(26(28,29)30)3-5-18(20)27(31,32)33;1-2/h3,5,10,12-13,15-17,19,21H,4,6-9,11H2,1-2H3,(H,34,37)(H,35,36);1-2H3. The van der Waals surface area contributed by atoms with Gasteiger partial charge in [-0.1, -0.05) is 33.8 Å². The number of halogens is 6. The van der Waals surface area contributed by atoms with Gasteiger partial charge in [-0.25, -0.2) is 0 Å². The summed E-state index contributed by atoms with van der Waals surface area (Å²) in [6.07, 6.45) is -1.73. The summed E-state index contributed by atoms with van der Waals surface area (Å²) >= 11 is 0. The molecule has 4 nitrogen and oxygen atoms in total. The first-order valence-electron chi connectivity index (χ1n) is 13.7. The molecule has 10 heteroatoms. The summed E-state index contributed by atoms with van der Waals surface area (Å²) in [4.78, 5) is 25.3. The Hall–Kier alpha value is -2.52. The highest BCUT2D eigenvalue weighted by Crippen LogP contribution is 2.65. The average Bonchev–Trinajstić information content (AvgIpc) is 3.22. The number of fused-ring (bicyclic) bond motifs is 5. The Morgan fingerprint density at radius 2 is 1.64 bits per heavy atom. The van der Waals surface area contributed by atoms with Gasteiger partial charge in [0.2, 0.25) is 11.8 Å². The third-order valence-corrected chi connectivity index (χ3v) is 9.91. The zero-order valence-electron chi connectivity index (χ0n) is 22.6. The van der Waals surface area contributed by atoms with E-state index in [9.17, 15) is 35.9 Å². The first-order chi connectivity index (χ1) is 18.1. The zero-order valence-corrected chi connectivity index (χ0v) is 22.6. The van der Waals surface area contributed by atoms with Crippen LogP contribution in [0.4, 0.5) is 32.0 Å². The van der Waals surface area contributed by atoms with Crippen molar-refractivity contribution in [3.8, 4) is 0 Å². The van der Waals surface area contributed by atoms with Crippen molar-refractivity contribution in [2.24, 2.45) is 34.5 Å². The van der Waals surface area contributed by atoms with E-state index in [1.807, 2.05) is 26.8 Å². The third kappa shape index (κ3) is 5.08. The molecule has 0 saturated heterocycles. The molecule has 3 saturated carbocycles. The van der Waals surface area contributed by atoms with Crippen molar-refractivity contribution in [3.63, 3.8) is 0 Å². The van der Waals surface area contributed by atoms with Crippen LogP contribution in [0.2, 0.25) is 0 Å². The molecule has 1 aliphatic heterocycles. The number of carbonyl (C=O) groups is 2. The van der Waals surface area contributed by atoms with Crippen LogP contribution in [-0.2, 0) is 21.9 Å². The monoisotopic (exact) mass is 558 g/mol. The molecule has 7 atom stereocenters. The molecule has 7 unspecified atom stereocenters. The number of amides is 2. The number of hydrogen-bond donors (Lipinski definition) is 2. The van der Waals surface area contributed by atoms with Gasteiger partial charge in [0.05, 0.1) is 16.8 Å². The van der Waals surface area contributed by atoms with Crippen LogP contribution >= 0.6 is 0 Å². The molecule has 3 aliphatic carbocycles. The molecule has 39 heavy (non-hydrogen) atoms. The van der Waals surface area contributed by atoms with Gasteiger partial charge in [0, 0.05) is 17.4 Å². The van der Waals surface area contributed by atoms with Crippen LogP contribution in [0.25, 0.3) is 0 Å². The van der Waals surface area contributed by atoms with E-state index in [1.165, 1.54) is 0 Å². The topological polar surface area (TPSA) is 58.2 Å². The molecule has 1 aromatic rings. The van der Waals surface area contributed by atoms with Crippen molar-refractivity contribution in [1.29, 1.82) is 0 Å². The highest BCUT2D eigenvalue weighted by Gasteiger charge is 2.61. The fourth-order valence-electron chi connectivity index (χ4n) is 8.06. The van der Waals surface area contributed by atoms with E-state index in [2.05, 4.69) is 17.6 Å². The molecule has 3 fully saturated rings. The van der Waals surface area contributed by atoms with Gasteiger partial charge in [-0.2, -0.15) is 26.3 Å². The van der Waals surface area contributed by atoms with Gasteiger partial charge in [-0.05, 0) is 86.0 Å². The minimum Gasteiger partial charge on any atom is -0.349 e. The summed E-state index contributed by atoms with van der Waals surface area (Å²) in [6.45, 7) is 8.17. The van der Waals surface area contributed by atoms with E-state index in [-0.39, 0.29) is 23.3 Å². The first kappa shape index (κ1) is 29.5. The Kier molecular flexibility index (Phi) is 7.66. The number of hydrogen-bond acceptors (Lipinski definition) is 2. The van der Waals surface area contributed by atoms with Crippen molar-refractivity contribution in [2.45, 2.75) is 84.6 Å². The fourth-order valence-corrected chi connectivity index (χ4v) is 8.06. The van der Waals surface area contributed by atoms with Crippen molar-refractivity contribution in [2.75, 3.05) is 5.32 Å². The summed E-state index contributed by atoms with van der Waals surface area (Å²) in [5, 5.41) is 5.33. The molecule has 5 rings (SSSR count). The minimum atomic E-state index is -4.91. The number of carbonyl (C=O) groups excluding carboxylic acids is 2. The summed E-state index contributed by atoms with van der Waals surface area (Å²) in [5.74, 6) is -0.555. The summed E-state index contributed by atoms with van der Waals surface area (Å²) in [7, 11) is 0. The van der Waals surface area contributed by atoms with Crippen molar-refractivity contribution in [3.05, 3.63) is 41.5 Å². The second-order valence-electron chi connectivity index (χ2n) is 11.6. The van der Waals surface area contributed by atoms with Crippen LogP contribution in [0.1, 0.15) is 77.3 Å². The zero-order chi connectivity index (χ0) is 29.0. The molecule has 1 aromatic carbocycles. The number of alkyl halides is 6. The van der Waals surface area contributed by atoms with Crippen molar-refractivity contribution < 1.29 is 35.9 Å². The lowest BCUT2D eigenvalue weighted by Gasteiger charge is -2.58. The molecule has 2 amide bonds. The Bertz CT molecular complexity index is 1150. The van der Waals surface area contributed by atoms with E-state index < -0.39 is 46.4 Å². The lowest BCUT2D eigenvalue weighted by atomic mass is 9.48. The molecule has 1 heterocycles. The summed E-state index contributed by atoms with van der Waals surface area (Å²) in [5.41, 5.74) is -4.06. The molecule has 0 aromatic heterocycles. The van der Waals surface area contributed by atoms with Gasteiger partial charge >= 0.3 is 12.4 Å². The van der Waals surface area contributed by atoms with Crippen molar-refractivity contribution in [1.82, 2.24) is 5.32 Å². The molecular weight excluding hydrogens is 522 g/mol. The molecule has 4 aliphatic rings. The molecule has 0 radical (unpaired) electrons. The van der Waals surface area contributed by atoms with Crippen LogP contribution in [-0.4, -0.2) is 17.9 Å². The smallest absolute Gasteiger partial charge is 0.349 e. The van der Waals surface area contributed by atoms with Crippen LogP contribution < -0.4 is 10.6 Å². The van der Waals surface area contributed by atoms with Crippen LogP contribution in [0.5, 0.6) is 0 Å². The number of anilines is 1. The second-order valence-corrected chi connectivity index (χ2v) is 11.6. The summed E-state index contributed by atoms with van der Waals surface area (Å²) < 4.78 is 80.4. The van der Waals surface area contributed by atoms with Gasteiger partial charge in [-0.15, -0.1) is 0 Å². The first-order valence-corrected chi connectivity index (χ1v) is 13.7. The highest BCUT2D eigenvalue weighted by molar-refractivity contribution is 5.94. The predicted octanol–water partition coefficient (Wildman–Crippen LogP) is 7.60. The Balaban J connectivity index is 0.00000172. The van der Waals surface area contributed by atoms with E-state index >= 15 is 0 Å². The van der Waals surface area contributed by atoms with E-state index in [1.54, 1.807) is 6.08 Å². The van der Waals surface area contributed by atoms with Crippen molar-refractivity contribution >= 4 is 17.5 Å². The van der Waals surface area contributed by atoms with Gasteiger partial charge < -0.3 is 10.6 Å². The molecular formula is C29H36F6N2O2. The van der Waals surface area contributed by atoms with E-state index in [0.29, 0.717) is 42.9 Å². The maximum absolute atomic E-state index is 13.6. The second kappa shape index (κ2) is 10.1. The Morgan fingerprint density at radius 3 is 2.28 bits per heavy atom. The van der Waals surface area contributed by atoms with E-state index in [4.69, 9.17) is 0 Å². The maximum Gasteiger partial charge on any atom is 0.418 e. The van der Waals surface area contributed by atoms with E-state index in [0.717, 1.165) is 25.7 Å². The number of rotatable bonds is 2. The van der Waals surface area contributed by atoms with Crippen LogP contribution in [0.3, 0.4) is 0 Å². The quantitative estimate of drug-likeness (QED) is 0.367. The highest BCUT2D eigenvalue weighted by atomic mass is 19.4. The Morgan fingerprint density at radius 1 is 0.949 bits per heavy atom. The normalized spacial score (nSPS) is 35.5. The minimum absolute atomic E-state index is 0.0535. The van der Waals surface area contributed by atoms with Gasteiger partial charge in [0.15, 0.2) is 0 Å². The fraction of sp³-hybridized carbons (Fsp3) is 0.655. The van der Waals surface area contributed by atoms with Gasteiger partial charge in [0.1, 0.15) is 0 Å². The lowest BCUT2D eigenvalue weighted by Crippen LogP contribution is -2.59. The van der Waals surface area contributed by atoms with Gasteiger partial charge in [0.25, 0.3) is 0 Å². The summed E-state index contributed by atoms with van der Waals surface area (Å²) in [6, 6.07) is 1.18. The largest absolute Gasteiger partial charge is 0.418 e. The molecule has 216 valence electrons.